The Bertz CT molecular complexity index is 3340. The van der Waals surface area contributed by atoms with Crippen LogP contribution in [0.2, 0.25) is 0 Å². The van der Waals surface area contributed by atoms with E-state index in [1.165, 1.54) is 40.0 Å². The van der Waals surface area contributed by atoms with E-state index in [9.17, 15) is 24.9 Å². The zero-order valence-corrected chi connectivity index (χ0v) is 48.0. The second-order valence-electron chi connectivity index (χ2n) is 24.0. The Morgan fingerprint density at radius 2 is 1.25 bits per heavy atom. The molecule has 3 unspecified atom stereocenters. The van der Waals surface area contributed by atoms with Crippen molar-refractivity contribution in [2.45, 2.75) is 114 Å². The Morgan fingerprint density at radius 1 is 0.679 bits per heavy atom. The number of Topliss-reactive ketones (excluding diaryl/α,β-unsaturated/α-hetero) is 2. The molecular formula is C62H69BrN12O6. The lowest BCUT2D eigenvalue weighted by Gasteiger charge is -2.42. The Kier molecular flexibility index (Phi) is 14.8. The first-order valence-electron chi connectivity index (χ1n) is 28.8. The normalized spacial score (nSPS) is 27.0. The van der Waals surface area contributed by atoms with Crippen LogP contribution in [0.1, 0.15) is 111 Å². The third-order valence-corrected chi connectivity index (χ3v) is 20.1. The second-order valence-corrected chi connectivity index (χ2v) is 24.8. The van der Waals surface area contributed by atoms with Gasteiger partial charge in [0.1, 0.15) is 36.2 Å². The van der Waals surface area contributed by atoms with Gasteiger partial charge in [0.15, 0.2) is 11.6 Å². The molecule has 81 heavy (non-hydrogen) atoms. The van der Waals surface area contributed by atoms with E-state index in [4.69, 9.17) is 29.4 Å². The highest BCUT2D eigenvalue weighted by Crippen LogP contribution is 2.51. The number of hydrogen-bond acceptors (Lipinski definition) is 16. The zero-order chi connectivity index (χ0) is 56.3. The van der Waals surface area contributed by atoms with Crippen LogP contribution in [-0.4, -0.2) is 167 Å². The number of hydrogen-bond donors (Lipinski definition) is 0. The highest BCUT2D eigenvalue weighted by Gasteiger charge is 2.51. The first-order chi connectivity index (χ1) is 39.2. The smallest absolute Gasteiger partial charge is 0.319 e. The van der Waals surface area contributed by atoms with Gasteiger partial charge < -0.3 is 34.0 Å². The fraction of sp³-hybridized carbons (Fsp3) is 0.516. The molecule has 4 fully saturated rings. The average Bonchev–Trinajstić information content (AvgIpc) is 4.45. The molecule has 19 heteroatoms. The quantitative estimate of drug-likeness (QED) is 0.132. The van der Waals surface area contributed by atoms with Gasteiger partial charge in [0.25, 0.3) is 0 Å². The molecule has 2 spiro atoms. The molecule has 2 aromatic heterocycles. The number of carbonyl (C=O) groups excluding carboxylic acids is 4. The maximum atomic E-state index is 15.2. The van der Waals surface area contributed by atoms with Crippen LogP contribution in [0.4, 0.5) is 11.6 Å². The minimum Gasteiger partial charge on any atom is -0.462 e. The van der Waals surface area contributed by atoms with Crippen LogP contribution in [-0.2, 0) is 48.1 Å². The number of ether oxygens (including phenoxy) is 2. The van der Waals surface area contributed by atoms with Gasteiger partial charge in [-0.2, -0.15) is 30.5 Å². The monoisotopic (exact) mass is 1160 g/mol. The van der Waals surface area contributed by atoms with Crippen molar-refractivity contribution < 1.29 is 28.7 Å². The molecule has 18 nitrogen and oxygen atoms in total. The van der Waals surface area contributed by atoms with E-state index in [0.717, 1.165) is 48.0 Å². The first kappa shape index (κ1) is 54.5. The summed E-state index contributed by atoms with van der Waals surface area (Å²) < 4.78 is 14.0. The number of likely N-dealkylation sites (tertiary alicyclic amines) is 2. The van der Waals surface area contributed by atoms with Gasteiger partial charge in [-0.3, -0.25) is 24.1 Å². The van der Waals surface area contributed by atoms with Crippen LogP contribution in [0.15, 0.2) is 66.2 Å². The molecule has 6 heterocycles. The van der Waals surface area contributed by atoms with E-state index >= 15 is 4.79 Å². The van der Waals surface area contributed by atoms with Crippen molar-refractivity contribution in [3.8, 4) is 24.2 Å². The van der Waals surface area contributed by atoms with Gasteiger partial charge in [0.05, 0.1) is 37.1 Å². The third kappa shape index (κ3) is 9.96. The minimum atomic E-state index is -0.662. The number of amides is 2. The number of ketones is 2. The van der Waals surface area contributed by atoms with Crippen LogP contribution in [0.3, 0.4) is 0 Å². The number of benzene rings is 2. The molecule has 0 radical (unpaired) electrons. The lowest BCUT2D eigenvalue weighted by Crippen LogP contribution is -2.55. The van der Waals surface area contributed by atoms with E-state index < -0.39 is 10.8 Å². The van der Waals surface area contributed by atoms with Crippen molar-refractivity contribution in [3.05, 3.63) is 117 Å². The number of aromatic nitrogens is 4. The standard InChI is InChI=1S/C62H69BrN12O6/c1-5-51(76)74-25-23-72(34-43(74)16-20-64)57-47-14-18-61(55(78)53(47)66-59(68-57)80-36-45-10-8-22-70(45)3)29-39-13-12-38(27-41(39)31-61)42-28-46(71(4)33-42)37-81-60-67-54-48(15-19-62(56(54)79)30-40-9-7-11-50(63)49(40)32-62)58(69-60)73-24-26-75(52(77)6-2)44(35-73)17-21-65/h5-7,9,11-13,27,42-46H,1-2,8,10,14-19,22-26,28-37H2,3-4H3/t42?,43-,44-,45-,46-,61?,62?/m0/s1. The summed E-state index contributed by atoms with van der Waals surface area (Å²) in [7, 11) is 4.21. The van der Waals surface area contributed by atoms with E-state index in [1.807, 2.05) is 12.1 Å². The van der Waals surface area contributed by atoms with E-state index in [2.05, 4.69) is 99.2 Å². The van der Waals surface area contributed by atoms with Crippen LogP contribution >= 0.6 is 15.9 Å². The number of piperazine rings is 2. The SMILES string of the molecule is C=CC(=O)N1CCN(c2nc(OC[C@@H]3CCCN3C)nc3c2CCC2(Cc4ccc(C5C[C@@H](COc6nc7c(c(N8CCN(C(=O)C=C)[C@@H](CC#N)C8)n6)CCC6(Cc8cccc(Br)c8C6)C7=O)N(C)C5)cc4C2)C3=O)C[C@@H]1CC#N. The molecule has 2 amide bonds. The molecule has 8 aliphatic rings. The first-order valence-corrected chi connectivity index (χ1v) is 29.6. The van der Waals surface area contributed by atoms with E-state index in [1.54, 1.807) is 9.80 Å². The predicted octanol–water partition coefficient (Wildman–Crippen LogP) is 6.43. The van der Waals surface area contributed by atoms with Crippen molar-refractivity contribution in [1.29, 1.82) is 10.5 Å². The molecule has 0 bridgehead atoms. The molecule has 7 atom stereocenters. The second kappa shape index (κ2) is 22.0. The number of rotatable bonds is 13. The van der Waals surface area contributed by atoms with Crippen molar-refractivity contribution in [3.63, 3.8) is 0 Å². The summed E-state index contributed by atoms with van der Waals surface area (Å²) in [6, 6.07) is 17.3. The maximum absolute atomic E-state index is 15.2. The summed E-state index contributed by atoms with van der Waals surface area (Å²) in [4.78, 5) is 88.2. The van der Waals surface area contributed by atoms with Crippen LogP contribution < -0.4 is 19.3 Å². The van der Waals surface area contributed by atoms with Crippen LogP contribution in [0, 0.1) is 33.5 Å². The summed E-state index contributed by atoms with van der Waals surface area (Å²) >= 11 is 3.75. The molecule has 420 valence electrons. The number of anilines is 2. The number of nitriles is 2. The van der Waals surface area contributed by atoms with E-state index in [-0.39, 0.29) is 78.3 Å². The Hall–Kier alpha value is -7.06. The van der Waals surface area contributed by atoms with Crippen molar-refractivity contribution >= 4 is 50.9 Å². The molecule has 4 aliphatic heterocycles. The lowest BCUT2D eigenvalue weighted by atomic mass is 9.70. The Labute approximate surface area is 481 Å². The third-order valence-electron chi connectivity index (χ3n) is 19.4. The minimum absolute atomic E-state index is 0.00359. The fourth-order valence-corrected chi connectivity index (χ4v) is 15.4. The molecule has 12 rings (SSSR count). The summed E-state index contributed by atoms with van der Waals surface area (Å²) in [5.41, 5.74) is 7.05. The topological polar surface area (TPSA) is 205 Å². The summed E-state index contributed by atoms with van der Waals surface area (Å²) in [6.45, 7) is 12.4. The highest BCUT2D eigenvalue weighted by molar-refractivity contribution is 9.10. The largest absolute Gasteiger partial charge is 0.462 e. The van der Waals surface area contributed by atoms with Crippen molar-refractivity contribution in [2.24, 2.45) is 10.8 Å². The van der Waals surface area contributed by atoms with Crippen LogP contribution in [0.25, 0.3) is 0 Å². The Balaban J connectivity index is 0.769. The predicted molar refractivity (Wildman–Crippen MR) is 306 cm³/mol. The zero-order valence-electron chi connectivity index (χ0n) is 46.4. The van der Waals surface area contributed by atoms with Gasteiger partial charge in [-0.25, -0.2) is 0 Å². The summed E-state index contributed by atoms with van der Waals surface area (Å²) in [6.07, 6.45) is 10.8. The van der Waals surface area contributed by atoms with Gasteiger partial charge in [0, 0.05) is 84.3 Å². The maximum Gasteiger partial charge on any atom is 0.319 e. The molecule has 4 aromatic rings. The summed E-state index contributed by atoms with van der Waals surface area (Å²) in [5.74, 6) is 1.08. The van der Waals surface area contributed by atoms with Crippen molar-refractivity contribution in [1.82, 2.24) is 39.5 Å². The highest BCUT2D eigenvalue weighted by atomic mass is 79.9. The van der Waals surface area contributed by atoms with Gasteiger partial charge in [-0.1, -0.05) is 59.4 Å². The fourth-order valence-electron chi connectivity index (χ4n) is 14.8. The van der Waals surface area contributed by atoms with Crippen LogP contribution in [0.5, 0.6) is 12.0 Å². The average molecular weight is 1160 g/mol. The number of carbonyl (C=O) groups is 4. The number of nitrogens with zero attached hydrogens (tertiary/aromatic N) is 12. The number of likely N-dealkylation sites (N-methyl/N-ethyl adjacent to an activating group) is 2. The molecule has 4 aliphatic carbocycles. The van der Waals surface area contributed by atoms with Gasteiger partial charge in [0.2, 0.25) is 11.8 Å². The molecular weight excluding hydrogens is 1090 g/mol. The van der Waals surface area contributed by atoms with Gasteiger partial charge >= 0.3 is 12.0 Å². The molecule has 4 saturated heterocycles. The Morgan fingerprint density at radius 3 is 1.80 bits per heavy atom. The summed E-state index contributed by atoms with van der Waals surface area (Å²) in [5, 5.41) is 19.6. The lowest BCUT2D eigenvalue weighted by molar-refractivity contribution is -0.129. The molecule has 0 saturated carbocycles. The number of fused-ring (bicyclic) bond motifs is 4. The van der Waals surface area contributed by atoms with Gasteiger partial charge in [-0.05, 0) is 143 Å². The van der Waals surface area contributed by atoms with Crippen molar-refractivity contribution in [2.75, 3.05) is 89.5 Å². The van der Waals surface area contributed by atoms with Gasteiger partial charge in [-0.15, -0.1) is 0 Å². The van der Waals surface area contributed by atoms with E-state index in [0.29, 0.717) is 127 Å². The molecule has 2 aromatic carbocycles. The molecule has 0 N–H and O–H groups in total. The number of halogens is 1.